The third-order valence-corrected chi connectivity index (χ3v) is 2.58. The molecular weight excluding hydrogens is 123 g/mol. The molecule has 1 aliphatic rings. The van der Waals surface area contributed by atoms with Crippen molar-refractivity contribution < 1.29 is 8.53 Å². The number of hydrogen-bond donors (Lipinski definition) is 0. The molecule has 50 valence electrons. The van der Waals surface area contributed by atoms with Crippen molar-refractivity contribution in [2.75, 3.05) is 6.61 Å². The Morgan fingerprint density at radius 2 is 2.12 bits per heavy atom. The lowest BCUT2D eigenvalue weighted by Crippen LogP contribution is -2.17. The predicted molar refractivity (Wildman–Crippen MR) is 35.0 cm³/mol. The first-order valence-electron chi connectivity index (χ1n) is 2.65. The molecule has 1 fully saturated rings. The van der Waals surface area contributed by atoms with Gasteiger partial charge in [-0.25, -0.2) is 0 Å². The highest BCUT2D eigenvalue weighted by atomic mass is 28.3. The minimum absolute atomic E-state index is 0. The van der Waals surface area contributed by atoms with E-state index in [0.29, 0.717) is 6.61 Å². The highest BCUT2D eigenvalue weighted by Gasteiger charge is 2.13. The van der Waals surface area contributed by atoms with Gasteiger partial charge in [0.15, 0.2) is 0 Å². The first-order valence-corrected chi connectivity index (χ1v) is 4.38. The minimum Gasteiger partial charge on any atom is -0.394 e. The first-order chi connectivity index (χ1) is 3.39. The number of hydrogen-bond acceptors (Lipinski definition) is 1. The zero-order chi connectivity index (χ0) is 5.11. The molecular formula is C5H13FOSi. The quantitative estimate of drug-likeness (QED) is 0.363. The summed E-state index contributed by atoms with van der Waals surface area (Å²) in [5, 5.41) is 0. The van der Waals surface area contributed by atoms with Crippen LogP contribution in [0.1, 0.15) is 20.3 Å². The zero-order valence-electron chi connectivity index (χ0n) is 4.19. The van der Waals surface area contributed by atoms with Gasteiger partial charge < -0.3 is 4.43 Å². The van der Waals surface area contributed by atoms with Gasteiger partial charge in [-0.15, -0.1) is 0 Å². The highest BCUT2D eigenvalue weighted by molar-refractivity contribution is 6.43. The molecule has 0 aliphatic carbocycles. The molecule has 1 unspecified atom stereocenters. The maximum atomic E-state index is 12.1. The van der Waals surface area contributed by atoms with Gasteiger partial charge in [0.05, 0.1) is 0 Å². The average molecular weight is 136 g/mol. The lowest BCUT2D eigenvalue weighted by Gasteiger charge is -2.12. The van der Waals surface area contributed by atoms with E-state index in [9.17, 15) is 4.11 Å². The summed E-state index contributed by atoms with van der Waals surface area (Å²) < 4.78 is 16.9. The van der Waals surface area contributed by atoms with E-state index >= 15 is 0 Å². The van der Waals surface area contributed by atoms with Gasteiger partial charge >= 0.3 is 9.37 Å². The Hall–Kier alpha value is 0.107. The second-order valence-corrected chi connectivity index (χ2v) is 3.51. The normalized spacial score (nSPS) is 28.9. The van der Waals surface area contributed by atoms with Gasteiger partial charge in [-0.2, -0.15) is 0 Å². The molecule has 0 aromatic heterocycles. The molecule has 0 spiro atoms. The second kappa shape index (κ2) is 4.03. The molecule has 1 nitrogen and oxygen atoms in total. The van der Waals surface area contributed by atoms with Crippen molar-refractivity contribution in [3.8, 4) is 0 Å². The molecule has 0 bridgehead atoms. The minimum atomic E-state index is -2.09. The SMILES string of the molecule is C.F[SiH]1CCCCO1. The largest absolute Gasteiger partial charge is 0.394 e. The Morgan fingerprint density at radius 1 is 1.38 bits per heavy atom. The third kappa shape index (κ3) is 2.42. The maximum Gasteiger partial charge on any atom is 0.368 e. The van der Waals surface area contributed by atoms with E-state index in [1.54, 1.807) is 0 Å². The zero-order valence-corrected chi connectivity index (χ0v) is 5.35. The first kappa shape index (κ1) is 8.11. The fourth-order valence-corrected chi connectivity index (χ4v) is 1.90. The molecule has 1 aliphatic heterocycles. The molecule has 1 rings (SSSR count). The summed E-state index contributed by atoms with van der Waals surface area (Å²) in [4.78, 5) is 0. The Morgan fingerprint density at radius 3 is 2.38 bits per heavy atom. The van der Waals surface area contributed by atoms with Crippen molar-refractivity contribution in [1.29, 1.82) is 0 Å². The van der Waals surface area contributed by atoms with Crippen LogP contribution in [-0.2, 0) is 4.43 Å². The van der Waals surface area contributed by atoms with Crippen LogP contribution in [0.5, 0.6) is 0 Å². The fourth-order valence-electron chi connectivity index (χ4n) is 0.701. The number of rotatable bonds is 0. The van der Waals surface area contributed by atoms with Crippen molar-refractivity contribution in [2.24, 2.45) is 0 Å². The van der Waals surface area contributed by atoms with E-state index in [0.717, 1.165) is 18.9 Å². The average Bonchev–Trinajstić information content (AvgIpc) is 1.69. The molecule has 1 heterocycles. The lowest BCUT2D eigenvalue weighted by atomic mass is 10.4. The van der Waals surface area contributed by atoms with Gasteiger partial charge in [0, 0.05) is 6.61 Å². The van der Waals surface area contributed by atoms with Crippen molar-refractivity contribution in [1.82, 2.24) is 0 Å². The molecule has 0 amide bonds. The summed E-state index contributed by atoms with van der Waals surface area (Å²) >= 11 is 0. The molecule has 8 heavy (non-hydrogen) atoms. The molecule has 1 atom stereocenters. The third-order valence-electron chi connectivity index (χ3n) is 1.12. The highest BCUT2D eigenvalue weighted by Crippen LogP contribution is 2.10. The van der Waals surface area contributed by atoms with E-state index in [1.807, 2.05) is 0 Å². The van der Waals surface area contributed by atoms with Crippen molar-refractivity contribution in [3.05, 3.63) is 0 Å². The second-order valence-electron chi connectivity index (χ2n) is 1.78. The van der Waals surface area contributed by atoms with Crippen molar-refractivity contribution >= 4 is 9.37 Å². The standard InChI is InChI=1S/C4H9FOSi.CH4/c5-7-4-2-1-3-6-7;/h7H,1-4H2;1H4. The van der Waals surface area contributed by atoms with Crippen LogP contribution in [0, 0.1) is 0 Å². The topological polar surface area (TPSA) is 9.23 Å². The monoisotopic (exact) mass is 136 g/mol. The summed E-state index contributed by atoms with van der Waals surface area (Å²) in [6.45, 7) is 0.674. The van der Waals surface area contributed by atoms with Crippen LogP contribution < -0.4 is 0 Å². The van der Waals surface area contributed by atoms with E-state index in [2.05, 4.69) is 0 Å². The van der Waals surface area contributed by atoms with E-state index in [1.165, 1.54) is 0 Å². The summed E-state index contributed by atoms with van der Waals surface area (Å²) in [6.07, 6.45) is 2.11. The van der Waals surface area contributed by atoms with Gasteiger partial charge in [-0.3, -0.25) is 4.11 Å². The predicted octanol–water partition coefficient (Wildman–Crippen LogP) is 1.62. The summed E-state index contributed by atoms with van der Waals surface area (Å²) in [6, 6.07) is 0.736. The summed E-state index contributed by atoms with van der Waals surface area (Å²) in [5.74, 6) is 0. The summed E-state index contributed by atoms with van der Waals surface area (Å²) in [7, 11) is -2.09. The van der Waals surface area contributed by atoms with E-state index in [-0.39, 0.29) is 7.43 Å². The molecule has 0 aromatic carbocycles. The van der Waals surface area contributed by atoms with Crippen LogP contribution in [0.3, 0.4) is 0 Å². The van der Waals surface area contributed by atoms with Crippen LogP contribution in [0.15, 0.2) is 0 Å². The van der Waals surface area contributed by atoms with E-state index in [4.69, 9.17) is 4.43 Å². The van der Waals surface area contributed by atoms with Crippen molar-refractivity contribution in [2.45, 2.75) is 26.3 Å². The van der Waals surface area contributed by atoms with Gasteiger partial charge in [0.1, 0.15) is 0 Å². The van der Waals surface area contributed by atoms with Crippen LogP contribution in [0.2, 0.25) is 6.04 Å². The van der Waals surface area contributed by atoms with Gasteiger partial charge in [0.2, 0.25) is 0 Å². The smallest absolute Gasteiger partial charge is 0.368 e. The number of halogens is 1. The van der Waals surface area contributed by atoms with Crippen LogP contribution >= 0.6 is 0 Å². The molecule has 1 saturated heterocycles. The van der Waals surface area contributed by atoms with Gasteiger partial charge in [-0.05, 0) is 18.9 Å². The Balaban J connectivity index is 0.000000490. The Labute approximate surface area is 51.8 Å². The molecule has 0 aromatic rings. The molecule has 3 heteroatoms. The molecule has 0 N–H and O–H groups in total. The van der Waals surface area contributed by atoms with Gasteiger partial charge in [0.25, 0.3) is 0 Å². The van der Waals surface area contributed by atoms with Gasteiger partial charge in [-0.1, -0.05) is 7.43 Å². The molecule has 0 radical (unpaired) electrons. The summed E-state index contributed by atoms with van der Waals surface area (Å²) in [5.41, 5.74) is 0. The van der Waals surface area contributed by atoms with Crippen LogP contribution in [-0.4, -0.2) is 16.0 Å². The van der Waals surface area contributed by atoms with Crippen LogP contribution in [0.25, 0.3) is 0 Å². The van der Waals surface area contributed by atoms with E-state index < -0.39 is 9.37 Å². The molecule has 0 saturated carbocycles. The van der Waals surface area contributed by atoms with Crippen molar-refractivity contribution in [3.63, 3.8) is 0 Å². The Bertz CT molecular complexity index is 54.4. The Kier molecular flexibility index (Phi) is 4.09. The fraction of sp³-hybridized carbons (Fsp3) is 1.00. The lowest BCUT2D eigenvalue weighted by molar-refractivity contribution is 0.259. The van der Waals surface area contributed by atoms with Crippen LogP contribution in [0.4, 0.5) is 4.11 Å². The maximum absolute atomic E-state index is 12.1.